The molecule has 0 saturated carbocycles. The van der Waals surface area contributed by atoms with Crippen molar-refractivity contribution in [2.75, 3.05) is 19.0 Å². The minimum absolute atomic E-state index is 0.101. The Hall–Kier alpha value is -2.91. The van der Waals surface area contributed by atoms with Crippen LogP contribution in [0.2, 0.25) is 0 Å². The zero-order valence-corrected chi connectivity index (χ0v) is 15.7. The number of nitrogens with one attached hydrogen (secondary N) is 1. The van der Waals surface area contributed by atoms with E-state index in [0.717, 1.165) is 18.1 Å². The molecule has 2 rings (SSSR count). The number of benzene rings is 2. The Morgan fingerprint density at radius 1 is 1.15 bits per heavy atom. The molecule has 3 N–H and O–H groups in total. The number of primary sulfonamides is 1. The Balaban J connectivity index is 2.10. The van der Waals surface area contributed by atoms with E-state index in [-0.39, 0.29) is 16.2 Å². The molecule has 0 spiro atoms. The van der Waals surface area contributed by atoms with E-state index in [1.54, 1.807) is 12.1 Å². The fourth-order valence-electron chi connectivity index (χ4n) is 2.37. The standard InChI is InChI=1S/C18H20N2O6S/c1-3-12-6-4-5-7-15(12)20-17(21)11-26-18(22)14-10-13(27(19,23)24)8-9-16(14)25-2/h4-10H,3,11H2,1-2H3,(H,20,21)(H2,19,23,24). The summed E-state index contributed by atoms with van der Waals surface area (Å²) in [5.41, 5.74) is 1.43. The quantitative estimate of drug-likeness (QED) is 0.691. The lowest BCUT2D eigenvalue weighted by Crippen LogP contribution is -2.22. The summed E-state index contributed by atoms with van der Waals surface area (Å²) < 4.78 is 32.9. The minimum Gasteiger partial charge on any atom is -0.496 e. The van der Waals surface area contributed by atoms with E-state index in [2.05, 4.69) is 5.32 Å². The number of carbonyl (C=O) groups excluding carboxylic acids is 2. The Morgan fingerprint density at radius 3 is 2.48 bits per heavy atom. The number of methoxy groups -OCH3 is 1. The number of amides is 1. The Kier molecular flexibility index (Phi) is 6.54. The lowest BCUT2D eigenvalue weighted by Gasteiger charge is -2.11. The molecule has 0 aliphatic rings. The summed E-state index contributed by atoms with van der Waals surface area (Å²) in [6.45, 7) is 1.41. The fourth-order valence-corrected chi connectivity index (χ4v) is 2.91. The van der Waals surface area contributed by atoms with Gasteiger partial charge in [0.15, 0.2) is 6.61 Å². The number of para-hydroxylation sites is 1. The molecule has 27 heavy (non-hydrogen) atoms. The van der Waals surface area contributed by atoms with E-state index in [4.69, 9.17) is 14.6 Å². The number of aryl methyl sites for hydroxylation is 1. The third-order valence-electron chi connectivity index (χ3n) is 3.73. The lowest BCUT2D eigenvalue weighted by atomic mass is 10.1. The van der Waals surface area contributed by atoms with Gasteiger partial charge in [-0.15, -0.1) is 0 Å². The second-order valence-electron chi connectivity index (χ2n) is 5.54. The normalized spacial score (nSPS) is 10.9. The summed E-state index contributed by atoms with van der Waals surface area (Å²) in [6.07, 6.45) is 0.730. The van der Waals surface area contributed by atoms with Crippen molar-refractivity contribution in [2.45, 2.75) is 18.2 Å². The smallest absolute Gasteiger partial charge is 0.342 e. The van der Waals surface area contributed by atoms with E-state index in [1.165, 1.54) is 19.2 Å². The maximum atomic E-state index is 12.3. The molecule has 0 aliphatic carbocycles. The zero-order chi connectivity index (χ0) is 20.0. The predicted octanol–water partition coefficient (Wildman–Crippen LogP) is 1.70. The minimum atomic E-state index is -4.01. The summed E-state index contributed by atoms with van der Waals surface area (Å²) in [5, 5.41) is 7.74. The second kappa shape index (κ2) is 8.65. The fraction of sp³-hybridized carbons (Fsp3) is 0.222. The van der Waals surface area contributed by atoms with Crippen LogP contribution in [0.1, 0.15) is 22.8 Å². The molecule has 0 fully saturated rings. The van der Waals surface area contributed by atoms with Crippen molar-refractivity contribution >= 4 is 27.6 Å². The van der Waals surface area contributed by atoms with Crippen molar-refractivity contribution in [3.05, 3.63) is 53.6 Å². The Morgan fingerprint density at radius 2 is 1.85 bits per heavy atom. The highest BCUT2D eigenvalue weighted by atomic mass is 32.2. The van der Waals surface area contributed by atoms with Gasteiger partial charge in [0.25, 0.3) is 5.91 Å². The summed E-state index contributed by atoms with van der Waals surface area (Å²) in [4.78, 5) is 24.1. The van der Waals surface area contributed by atoms with Crippen LogP contribution >= 0.6 is 0 Å². The number of rotatable bonds is 7. The number of ether oxygens (including phenoxy) is 2. The number of esters is 1. The topological polar surface area (TPSA) is 125 Å². The Labute approximate surface area is 157 Å². The van der Waals surface area contributed by atoms with Gasteiger partial charge in [-0.05, 0) is 36.2 Å². The predicted molar refractivity (Wildman–Crippen MR) is 99.1 cm³/mol. The van der Waals surface area contributed by atoms with Gasteiger partial charge in [-0.25, -0.2) is 18.4 Å². The molecule has 2 aromatic rings. The molecule has 144 valence electrons. The van der Waals surface area contributed by atoms with Crippen LogP contribution < -0.4 is 15.2 Å². The van der Waals surface area contributed by atoms with E-state index in [9.17, 15) is 18.0 Å². The van der Waals surface area contributed by atoms with Gasteiger partial charge in [-0.2, -0.15) is 0 Å². The highest BCUT2D eigenvalue weighted by molar-refractivity contribution is 7.89. The van der Waals surface area contributed by atoms with Gasteiger partial charge in [0.05, 0.1) is 12.0 Å². The van der Waals surface area contributed by atoms with Crippen molar-refractivity contribution < 1.29 is 27.5 Å². The number of carbonyl (C=O) groups is 2. The van der Waals surface area contributed by atoms with Crippen molar-refractivity contribution in [2.24, 2.45) is 5.14 Å². The number of nitrogens with two attached hydrogens (primary N) is 1. The van der Waals surface area contributed by atoms with E-state index >= 15 is 0 Å². The van der Waals surface area contributed by atoms with Crippen LogP contribution in [0.15, 0.2) is 47.4 Å². The van der Waals surface area contributed by atoms with E-state index < -0.39 is 28.5 Å². The van der Waals surface area contributed by atoms with Crippen LogP contribution in [0, 0.1) is 0 Å². The Bertz CT molecular complexity index is 956. The molecule has 0 bridgehead atoms. The van der Waals surface area contributed by atoms with Crippen molar-refractivity contribution in [1.82, 2.24) is 0 Å². The number of hydrogen-bond acceptors (Lipinski definition) is 6. The van der Waals surface area contributed by atoms with Gasteiger partial charge in [-0.3, -0.25) is 4.79 Å². The van der Waals surface area contributed by atoms with Crippen LogP contribution in [0.3, 0.4) is 0 Å². The second-order valence-corrected chi connectivity index (χ2v) is 7.10. The van der Waals surface area contributed by atoms with Gasteiger partial charge in [-0.1, -0.05) is 25.1 Å². The molecule has 8 nitrogen and oxygen atoms in total. The first kappa shape index (κ1) is 20.4. The summed E-state index contributed by atoms with van der Waals surface area (Å²) in [7, 11) is -2.69. The third-order valence-corrected chi connectivity index (χ3v) is 4.64. The van der Waals surface area contributed by atoms with Crippen LogP contribution in [-0.2, 0) is 26.0 Å². The molecule has 0 atom stereocenters. The first-order chi connectivity index (χ1) is 12.8. The molecule has 2 aromatic carbocycles. The number of sulfonamides is 1. The summed E-state index contributed by atoms with van der Waals surface area (Å²) in [5.74, 6) is -1.33. The van der Waals surface area contributed by atoms with E-state index in [0.29, 0.717) is 5.69 Å². The van der Waals surface area contributed by atoms with Gasteiger partial charge in [0.2, 0.25) is 10.0 Å². The maximum absolute atomic E-state index is 12.3. The van der Waals surface area contributed by atoms with Gasteiger partial charge >= 0.3 is 5.97 Å². The molecular weight excluding hydrogens is 372 g/mol. The van der Waals surface area contributed by atoms with Crippen LogP contribution in [0.5, 0.6) is 5.75 Å². The number of hydrogen-bond donors (Lipinski definition) is 2. The molecule has 0 heterocycles. The highest BCUT2D eigenvalue weighted by Gasteiger charge is 2.19. The third kappa shape index (κ3) is 5.28. The molecule has 0 saturated heterocycles. The molecule has 0 radical (unpaired) electrons. The maximum Gasteiger partial charge on any atom is 0.342 e. The molecule has 0 aliphatic heterocycles. The summed E-state index contributed by atoms with van der Waals surface area (Å²) in [6, 6.07) is 10.8. The van der Waals surface area contributed by atoms with E-state index in [1.807, 2.05) is 19.1 Å². The van der Waals surface area contributed by atoms with Crippen molar-refractivity contribution in [1.29, 1.82) is 0 Å². The van der Waals surface area contributed by atoms with Crippen LogP contribution in [-0.4, -0.2) is 34.0 Å². The molecule has 9 heteroatoms. The van der Waals surface area contributed by atoms with Crippen molar-refractivity contribution in [3.8, 4) is 5.75 Å². The lowest BCUT2D eigenvalue weighted by molar-refractivity contribution is -0.119. The SMILES string of the molecule is CCc1ccccc1NC(=O)COC(=O)c1cc(S(N)(=O)=O)ccc1OC. The van der Waals surface area contributed by atoms with Gasteiger partial charge < -0.3 is 14.8 Å². The summed E-state index contributed by atoms with van der Waals surface area (Å²) >= 11 is 0. The number of anilines is 1. The first-order valence-corrected chi connectivity index (χ1v) is 9.56. The largest absolute Gasteiger partial charge is 0.496 e. The van der Waals surface area contributed by atoms with Gasteiger partial charge in [0, 0.05) is 5.69 Å². The van der Waals surface area contributed by atoms with Crippen molar-refractivity contribution in [3.63, 3.8) is 0 Å². The van der Waals surface area contributed by atoms with Gasteiger partial charge in [0.1, 0.15) is 11.3 Å². The molecule has 1 amide bonds. The highest BCUT2D eigenvalue weighted by Crippen LogP contribution is 2.23. The average Bonchev–Trinajstić information content (AvgIpc) is 2.65. The molecule has 0 unspecified atom stereocenters. The monoisotopic (exact) mass is 392 g/mol. The zero-order valence-electron chi connectivity index (χ0n) is 14.9. The molecule has 0 aromatic heterocycles. The molecular formula is C18H20N2O6S. The first-order valence-electron chi connectivity index (χ1n) is 8.02. The average molecular weight is 392 g/mol. The van der Waals surface area contributed by atoms with Crippen LogP contribution in [0.25, 0.3) is 0 Å². The van der Waals surface area contributed by atoms with Crippen LogP contribution in [0.4, 0.5) is 5.69 Å².